The fourth-order valence-electron chi connectivity index (χ4n) is 3.14. The molecular formula is C18H15FN2O2. The van der Waals surface area contributed by atoms with Crippen molar-refractivity contribution in [2.75, 3.05) is 6.61 Å². The summed E-state index contributed by atoms with van der Waals surface area (Å²) in [5, 5.41) is 19.1. The van der Waals surface area contributed by atoms with Gasteiger partial charge in [-0.15, -0.1) is 0 Å². The van der Waals surface area contributed by atoms with Gasteiger partial charge in [0.1, 0.15) is 11.9 Å². The predicted molar refractivity (Wildman–Crippen MR) is 82.0 cm³/mol. The number of hydrogen-bond donors (Lipinski definition) is 1. The van der Waals surface area contributed by atoms with Gasteiger partial charge in [0, 0.05) is 5.92 Å². The summed E-state index contributed by atoms with van der Waals surface area (Å²) in [7, 11) is 0. The fraction of sp³-hybridized carbons (Fsp3) is 0.222. The monoisotopic (exact) mass is 310 g/mol. The molecule has 5 heteroatoms. The molecule has 1 saturated heterocycles. The van der Waals surface area contributed by atoms with E-state index in [0.29, 0.717) is 0 Å². The van der Waals surface area contributed by atoms with Gasteiger partial charge in [-0.25, -0.2) is 4.39 Å². The zero-order valence-corrected chi connectivity index (χ0v) is 12.3. The van der Waals surface area contributed by atoms with Crippen molar-refractivity contribution in [3.63, 3.8) is 0 Å². The summed E-state index contributed by atoms with van der Waals surface area (Å²) in [5.41, 5.74) is 0.799. The molecule has 1 N–H and O–H groups in total. The summed E-state index contributed by atoms with van der Waals surface area (Å²) in [5.74, 6) is -1.48. The summed E-state index contributed by atoms with van der Waals surface area (Å²) in [6, 6.07) is 15.8. The zero-order valence-electron chi connectivity index (χ0n) is 12.3. The average molecular weight is 310 g/mol. The number of amides is 1. The van der Waals surface area contributed by atoms with Crippen molar-refractivity contribution >= 4 is 5.91 Å². The van der Waals surface area contributed by atoms with Crippen LogP contribution in [0.3, 0.4) is 0 Å². The molecule has 0 radical (unpaired) electrons. The maximum Gasteiger partial charge on any atom is 0.258 e. The van der Waals surface area contributed by atoms with E-state index in [9.17, 15) is 19.6 Å². The number of rotatable bonds is 3. The molecule has 2 aromatic carbocycles. The van der Waals surface area contributed by atoms with E-state index in [1.54, 1.807) is 6.07 Å². The molecule has 0 unspecified atom stereocenters. The highest BCUT2D eigenvalue weighted by molar-refractivity contribution is 5.96. The Bertz CT molecular complexity index is 757. The minimum Gasteiger partial charge on any atom is -0.394 e. The summed E-state index contributed by atoms with van der Waals surface area (Å²) >= 11 is 0. The van der Waals surface area contributed by atoms with E-state index >= 15 is 0 Å². The van der Waals surface area contributed by atoms with E-state index in [1.807, 2.05) is 30.3 Å². The van der Waals surface area contributed by atoms with E-state index in [1.165, 1.54) is 23.1 Å². The Morgan fingerprint density at radius 2 is 1.83 bits per heavy atom. The van der Waals surface area contributed by atoms with Gasteiger partial charge in [-0.2, -0.15) is 5.26 Å². The first-order valence-corrected chi connectivity index (χ1v) is 7.31. The van der Waals surface area contributed by atoms with Crippen LogP contribution in [0.25, 0.3) is 0 Å². The minimum atomic E-state index is -0.721. The highest BCUT2D eigenvalue weighted by atomic mass is 19.1. The van der Waals surface area contributed by atoms with Crippen molar-refractivity contribution in [3.8, 4) is 6.07 Å². The van der Waals surface area contributed by atoms with Gasteiger partial charge in [0.15, 0.2) is 0 Å². The van der Waals surface area contributed by atoms with Gasteiger partial charge in [-0.05, 0) is 17.7 Å². The second-order valence-electron chi connectivity index (χ2n) is 5.45. The summed E-state index contributed by atoms with van der Waals surface area (Å²) in [4.78, 5) is 13.9. The Labute approximate surface area is 133 Å². The molecule has 0 spiro atoms. The van der Waals surface area contributed by atoms with E-state index in [4.69, 9.17) is 0 Å². The van der Waals surface area contributed by atoms with Crippen LogP contribution in [0.15, 0.2) is 54.6 Å². The molecule has 3 atom stereocenters. The molecule has 0 aromatic heterocycles. The van der Waals surface area contributed by atoms with Crippen molar-refractivity contribution in [1.29, 1.82) is 5.26 Å². The lowest BCUT2D eigenvalue weighted by Crippen LogP contribution is -2.65. The molecule has 0 saturated carbocycles. The molecule has 3 rings (SSSR count). The summed E-state index contributed by atoms with van der Waals surface area (Å²) < 4.78 is 13.9. The number of aliphatic hydroxyl groups is 1. The van der Waals surface area contributed by atoms with E-state index in [-0.39, 0.29) is 18.1 Å². The van der Waals surface area contributed by atoms with Gasteiger partial charge in [0.2, 0.25) is 0 Å². The first-order valence-electron chi connectivity index (χ1n) is 7.31. The van der Waals surface area contributed by atoms with E-state index < -0.39 is 23.8 Å². The second-order valence-corrected chi connectivity index (χ2v) is 5.45. The molecule has 1 amide bonds. The maximum absolute atomic E-state index is 13.9. The largest absolute Gasteiger partial charge is 0.394 e. The van der Waals surface area contributed by atoms with Gasteiger partial charge in [0.25, 0.3) is 5.91 Å². The van der Waals surface area contributed by atoms with E-state index in [2.05, 4.69) is 6.07 Å². The van der Waals surface area contributed by atoms with Gasteiger partial charge >= 0.3 is 0 Å². The number of hydrogen-bond acceptors (Lipinski definition) is 3. The predicted octanol–water partition coefficient (Wildman–Crippen LogP) is 2.32. The SMILES string of the molecule is N#C[C@@H]1[C@@H](c2ccccc2)[C@@H](CO)N1C(=O)c1ccccc1F. The smallest absolute Gasteiger partial charge is 0.258 e. The second kappa shape index (κ2) is 6.19. The summed E-state index contributed by atoms with van der Waals surface area (Å²) in [6.07, 6.45) is 0. The Morgan fingerprint density at radius 3 is 2.43 bits per heavy atom. The van der Waals surface area contributed by atoms with Gasteiger partial charge in [-0.1, -0.05) is 42.5 Å². The Hall–Kier alpha value is -2.71. The summed E-state index contributed by atoms with van der Waals surface area (Å²) in [6.45, 7) is -0.280. The third-order valence-corrected chi connectivity index (χ3v) is 4.25. The molecule has 1 heterocycles. The van der Waals surface area contributed by atoms with Gasteiger partial charge < -0.3 is 10.0 Å². The molecular weight excluding hydrogens is 295 g/mol. The zero-order chi connectivity index (χ0) is 16.4. The van der Waals surface area contributed by atoms with Crippen LogP contribution in [0, 0.1) is 17.1 Å². The van der Waals surface area contributed by atoms with Crippen LogP contribution in [0.2, 0.25) is 0 Å². The Balaban J connectivity index is 1.93. The van der Waals surface area contributed by atoms with Gasteiger partial charge in [-0.3, -0.25) is 4.79 Å². The van der Waals surface area contributed by atoms with Gasteiger partial charge in [0.05, 0.1) is 24.3 Å². The molecule has 1 aliphatic heterocycles. The molecule has 0 aliphatic carbocycles. The normalized spacial score (nSPS) is 23.0. The van der Waals surface area contributed by atoms with Crippen LogP contribution in [0.5, 0.6) is 0 Å². The number of likely N-dealkylation sites (tertiary alicyclic amines) is 1. The fourth-order valence-corrected chi connectivity index (χ4v) is 3.14. The van der Waals surface area contributed by atoms with Crippen molar-refractivity contribution in [2.24, 2.45) is 0 Å². The van der Waals surface area contributed by atoms with Crippen LogP contribution in [-0.2, 0) is 0 Å². The highest BCUT2D eigenvalue weighted by Gasteiger charge is 2.52. The topological polar surface area (TPSA) is 64.3 Å². The van der Waals surface area contributed by atoms with Crippen LogP contribution >= 0.6 is 0 Å². The van der Waals surface area contributed by atoms with Crippen LogP contribution < -0.4 is 0 Å². The van der Waals surface area contributed by atoms with Crippen molar-refractivity contribution in [3.05, 3.63) is 71.5 Å². The number of benzene rings is 2. The Morgan fingerprint density at radius 1 is 1.17 bits per heavy atom. The first kappa shape index (κ1) is 15.2. The lowest BCUT2D eigenvalue weighted by molar-refractivity contribution is -0.00618. The lowest BCUT2D eigenvalue weighted by atomic mass is 9.75. The molecule has 23 heavy (non-hydrogen) atoms. The standard InChI is InChI=1S/C18H15FN2O2/c19-14-9-5-4-8-13(14)18(23)21-15(10-20)17(16(21)11-22)12-6-2-1-3-7-12/h1-9,15-17,22H,11H2/t15-,16-,17-/m1/s1. The maximum atomic E-state index is 13.9. The number of carbonyl (C=O) groups is 1. The number of aliphatic hydroxyl groups excluding tert-OH is 1. The number of halogens is 1. The first-order chi connectivity index (χ1) is 11.2. The average Bonchev–Trinajstić information content (AvgIpc) is 2.56. The lowest BCUT2D eigenvalue weighted by Gasteiger charge is -2.51. The number of nitrogens with zero attached hydrogens (tertiary/aromatic N) is 2. The van der Waals surface area contributed by atoms with Crippen molar-refractivity contribution in [2.45, 2.75) is 18.0 Å². The molecule has 1 fully saturated rings. The molecule has 116 valence electrons. The number of nitriles is 1. The highest BCUT2D eigenvalue weighted by Crippen LogP contribution is 2.41. The van der Waals surface area contributed by atoms with Crippen LogP contribution in [0.4, 0.5) is 4.39 Å². The van der Waals surface area contributed by atoms with Crippen molar-refractivity contribution in [1.82, 2.24) is 4.90 Å². The molecule has 1 aliphatic rings. The molecule has 2 aromatic rings. The molecule has 0 bridgehead atoms. The minimum absolute atomic E-state index is 0.0855. The Kier molecular flexibility index (Phi) is 4.09. The third kappa shape index (κ3) is 2.47. The van der Waals surface area contributed by atoms with Crippen molar-refractivity contribution < 1.29 is 14.3 Å². The van der Waals surface area contributed by atoms with Crippen LogP contribution in [-0.4, -0.2) is 34.6 Å². The molecule has 4 nitrogen and oxygen atoms in total. The third-order valence-electron chi connectivity index (χ3n) is 4.25. The number of carbonyl (C=O) groups excluding carboxylic acids is 1. The quantitative estimate of drug-likeness (QED) is 0.946. The van der Waals surface area contributed by atoms with Crippen LogP contribution in [0.1, 0.15) is 21.8 Å². The van der Waals surface area contributed by atoms with E-state index in [0.717, 1.165) is 5.56 Å².